The number of anilines is 1. The van der Waals surface area contributed by atoms with Gasteiger partial charge in [-0.05, 0) is 18.4 Å². The number of amides is 1. The molecule has 0 saturated heterocycles. The summed E-state index contributed by atoms with van der Waals surface area (Å²) in [6.45, 7) is 3.15. The molecular weight excluding hydrogens is 236 g/mol. The molecule has 0 fully saturated rings. The average Bonchev–Trinajstić information content (AvgIpc) is 2.78. The number of thiophene rings is 1. The fourth-order valence-electron chi connectivity index (χ4n) is 1.51. The summed E-state index contributed by atoms with van der Waals surface area (Å²) in [5.41, 5.74) is 0. The molecule has 0 bridgehead atoms. The van der Waals surface area contributed by atoms with E-state index in [2.05, 4.69) is 20.6 Å². The van der Waals surface area contributed by atoms with Crippen LogP contribution in [0.15, 0.2) is 17.8 Å². The minimum atomic E-state index is 0.0515. The Labute approximate surface area is 103 Å². The van der Waals surface area contributed by atoms with Crippen molar-refractivity contribution in [2.45, 2.75) is 13.3 Å². The van der Waals surface area contributed by atoms with Crippen molar-refractivity contribution in [3.8, 4) is 0 Å². The largest absolute Gasteiger partial charge is 0.369 e. The van der Waals surface area contributed by atoms with E-state index in [-0.39, 0.29) is 5.91 Å². The molecule has 0 aromatic carbocycles. The second-order valence-electron chi connectivity index (χ2n) is 3.49. The Hall–Kier alpha value is -1.69. The first-order chi connectivity index (χ1) is 8.31. The van der Waals surface area contributed by atoms with Gasteiger partial charge in [0.25, 0.3) is 0 Å². The van der Waals surface area contributed by atoms with Gasteiger partial charge in [0.15, 0.2) is 0 Å². The van der Waals surface area contributed by atoms with Crippen molar-refractivity contribution in [3.05, 3.63) is 17.8 Å². The van der Waals surface area contributed by atoms with Crippen LogP contribution in [0.25, 0.3) is 10.2 Å². The highest BCUT2D eigenvalue weighted by molar-refractivity contribution is 7.16. The fourth-order valence-corrected chi connectivity index (χ4v) is 2.24. The molecule has 0 radical (unpaired) electrons. The fraction of sp³-hybridized carbons (Fsp3) is 0.364. The smallest absolute Gasteiger partial charge is 0.221 e. The Morgan fingerprint density at radius 1 is 1.47 bits per heavy atom. The third-order valence-electron chi connectivity index (χ3n) is 2.28. The first-order valence-corrected chi connectivity index (χ1v) is 6.38. The highest BCUT2D eigenvalue weighted by Crippen LogP contribution is 2.23. The molecule has 6 heteroatoms. The summed E-state index contributed by atoms with van der Waals surface area (Å²) in [7, 11) is 0. The van der Waals surface area contributed by atoms with Crippen molar-refractivity contribution in [1.82, 2.24) is 15.3 Å². The lowest BCUT2D eigenvalue weighted by Crippen LogP contribution is -2.24. The third-order valence-corrected chi connectivity index (χ3v) is 3.10. The van der Waals surface area contributed by atoms with Gasteiger partial charge in [-0.1, -0.05) is 0 Å². The van der Waals surface area contributed by atoms with E-state index >= 15 is 0 Å². The molecule has 2 N–H and O–H groups in total. The van der Waals surface area contributed by atoms with Gasteiger partial charge < -0.3 is 10.6 Å². The summed E-state index contributed by atoms with van der Waals surface area (Å²) < 4.78 is 0. The van der Waals surface area contributed by atoms with Crippen LogP contribution in [0.4, 0.5) is 5.82 Å². The quantitative estimate of drug-likeness (QED) is 0.846. The van der Waals surface area contributed by atoms with E-state index in [0.717, 1.165) is 16.0 Å². The van der Waals surface area contributed by atoms with Gasteiger partial charge in [-0.15, -0.1) is 11.3 Å². The molecule has 0 spiro atoms. The minimum absolute atomic E-state index is 0.0515. The number of aromatic nitrogens is 2. The van der Waals surface area contributed by atoms with Gasteiger partial charge in [-0.25, -0.2) is 9.97 Å². The molecule has 0 saturated carbocycles. The van der Waals surface area contributed by atoms with E-state index in [1.807, 2.05) is 18.4 Å². The van der Waals surface area contributed by atoms with Crippen molar-refractivity contribution in [2.75, 3.05) is 18.4 Å². The van der Waals surface area contributed by atoms with E-state index in [1.165, 1.54) is 6.33 Å². The molecule has 0 aliphatic rings. The molecule has 0 unspecified atom stereocenters. The Morgan fingerprint density at radius 3 is 3.18 bits per heavy atom. The molecule has 2 aromatic rings. The first-order valence-electron chi connectivity index (χ1n) is 5.50. The van der Waals surface area contributed by atoms with Crippen molar-refractivity contribution in [2.24, 2.45) is 0 Å². The lowest BCUT2D eigenvalue weighted by Gasteiger charge is -2.06. The minimum Gasteiger partial charge on any atom is -0.369 e. The number of hydrogen-bond acceptors (Lipinski definition) is 5. The SMILES string of the molecule is CCNC(=O)CCNc1ncnc2sccc12. The number of nitrogens with zero attached hydrogens (tertiary/aromatic N) is 2. The second-order valence-corrected chi connectivity index (χ2v) is 4.39. The highest BCUT2D eigenvalue weighted by atomic mass is 32.1. The van der Waals surface area contributed by atoms with E-state index in [1.54, 1.807) is 11.3 Å². The summed E-state index contributed by atoms with van der Waals surface area (Å²) in [4.78, 5) is 20.6. The van der Waals surface area contributed by atoms with Crippen molar-refractivity contribution in [1.29, 1.82) is 0 Å². The van der Waals surface area contributed by atoms with Crippen LogP contribution in [0, 0.1) is 0 Å². The van der Waals surface area contributed by atoms with Crippen LogP contribution in [0.5, 0.6) is 0 Å². The zero-order valence-corrected chi connectivity index (χ0v) is 10.4. The van der Waals surface area contributed by atoms with Gasteiger partial charge in [0.1, 0.15) is 17.0 Å². The molecule has 90 valence electrons. The summed E-state index contributed by atoms with van der Waals surface area (Å²) in [6, 6.07) is 1.98. The van der Waals surface area contributed by atoms with Gasteiger partial charge in [0.05, 0.1) is 5.39 Å². The molecule has 0 aliphatic heterocycles. The Morgan fingerprint density at radius 2 is 2.35 bits per heavy atom. The highest BCUT2D eigenvalue weighted by Gasteiger charge is 2.04. The summed E-state index contributed by atoms with van der Waals surface area (Å²) >= 11 is 1.58. The van der Waals surface area contributed by atoms with Crippen molar-refractivity contribution in [3.63, 3.8) is 0 Å². The number of fused-ring (bicyclic) bond motifs is 1. The lowest BCUT2D eigenvalue weighted by atomic mass is 10.3. The molecule has 2 heterocycles. The predicted octanol–water partition coefficient (Wildman–Crippen LogP) is 1.63. The monoisotopic (exact) mass is 250 g/mol. The average molecular weight is 250 g/mol. The normalized spacial score (nSPS) is 10.4. The maximum atomic E-state index is 11.3. The number of rotatable bonds is 5. The number of hydrogen-bond donors (Lipinski definition) is 2. The van der Waals surface area contributed by atoms with Gasteiger partial charge in [0.2, 0.25) is 5.91 Å². The molecule has 0 atom stereocenters. The number of carbonyl (C=O) groups excluding carboxylic acids is 1. The third kappa shape index (κ3) is 2.91. The summed E-state index contributed by atoms with van der Waals surface area (Å²) in [5.74, 6) is 0.844. The van der Waals surface area contributed by atoms with Gasteiger partial charge in [-0.3, -0.25) is 4.79 Å². The van der Waals surface area contributed by atoms with Crippen LogP contribution in [-0.2, 0) is 4.79 Å². The van der Waals surface area contributed by atoms with Crippen molar-refractivity contribution < 1.29 is 4.79 Å². The molecule has 0 aliphatic carbocycles. The number of nitrogens with one attached hydrogen (secondary N) is 2. The van der Waals surface area contributed by atoms with E-state index in [0.29, 0.717) is 19.5 Å². The van der Waals surface area contributed by atoms with Crippen LogP contribution in [0.3, 0.4) is 0 Å². The summed E-state index contributed by atoms with van der Waals surface area (Å²) in [5, 5.41) is 8.90. The van der Waals surface area contributed by atoms with Gasteiger partial charge in [-0.2, -0.15) is 0 Å². The Kier molecular flexibility index (Phi) is 3.87. The van der Waals surface area contributed by atoms with Gasteiger partial charge >= 0.3 is 0 Å². The topological polar surface area (TPSA) is 66.9 Å². The molecule has 2 aromatic heterocycles. The maximum Gasteiger partial charge on any atom is 0.221 e. The lowest BCUT2D eigenvalue weighted by molar-refractivity contribution is -0.120. The molecule has 5 nitrogen and oxygen atoms in total. The van der Waals surface area contributed by atoms with Crippen LogP contribution in [0.2, 0.25) is 0 Å². The Bertz CT molecular complexity index is 511. The standard InChI is InChI=1S/C11H14N4OS/c1-2-12-9(16)3-5-13-10-8-4-6-17-11(8)15-7-14-10/h4,6-7H,2-3,5H2,1H3,(H,12,16)(H,13,14,15). The van der Waals surface area contributed by atoms with Crippen LogP contribution >= 0.6 is 11.3 Å². The van der Waals surface area contributed by atoms with E-state index in [9.17, 15) is 4.79 Å². The predicted molar refractivity (Wildman–Crippen MR) is 69.2 cm³/mol. The Balaban J connectivity index is 1.95. The molecule has 2 rings (SSSR count). The first kappa shape index (κ1) is 11.8. The molecule has 17 heavy (non-hydrogen) atoms. The van der Waals surface area contributed by atoms with Crippen LogP contribution < -0.4 is 10.6 Å². The van der Waals surface area contributed by atoms with Crippen molar-refractivity contribution >= 4 is 33.3 Å². The van der Waals surface area contributed by atoms with Crippen LogP contribution in [-0.4, -0.2) is 29.0 Å². The van der Waals surface area contributed by atoms with E-state index in [4.69, 9.17) is 0 Å². The van der Waals surface area contributed by atoms with E-state index < -0.39 is 0 Å². The van der Waals surface area contributed by atoms with Crippen LogP contribution in [0.1, 0.15) is 13.3 Å². The zero-order chi connectivity index (χ0) is 12.1. The molecule has 1 amide bonds. The summed E-state index contributed by atoms with van der Waals surface area (Å²) in [6.07, 6.45) is 1.98. The van der Waals surface area contributed by atoms with Gasteiger partial charge in [0, 0.05) is 19.5 Å². The zero-order valence-electron chi connectivity index (χ0n) is 9.56. The number of carbonyl (C=O) groups is 1. The molecular formula is C11H14N4OS. The maximum absolute atomic E-state index is 11.3. The second kappa shape index (κ2) is 5.58.